The molecule has 0 atom stereocenters. The van der Waals surface area contributed by atoms with E-state index in [4.69, 9.17) is 5.11 Å². The third-order valence-corrected chi connectivity index (χ3v) is 2.82. The van der Waals surface area contributed by atoms with E-state index in [1.165, 1.54) is 0 Å². The first-order valence-corrected chi connectivity index (χ1v) is 5.56. The lowest BCUT2D eigenvalue weighted by Gasteiger charge is -2.01. The van der Waals surface area contributed by atoms with E-state index in [1.807, 2.05) is 12.3 Å². The van der Waals surface area contributed by atoms with Gasteiger partial charge in [0, 0.05) is 17.1 Å². The van der Waals surface area contributed by atoms with Crippen molar-refractivity contribution in [2.24, 2.45) is 0 Å². The van der Waals surface area contributed by atoms with Crippen LogP contribution in [0, 0.1) is 0 Å². The molecule has 1 aromatic heterocycles. The summed E-state index contributed by atoms with van der Waals surface area (Å²) >= 11 is 0. The second-order valence-corrected chi connectivity index (χ2v) is 3.95. The molecule has 84 valence electrons. The van der Waals surface area contributed by atoms with Crippen molar-refractivity contribution in [3.05, 3.63) is 35.5 Å². The molecule has 2 rings (SSSR count). The average molecular weight is 217 g/mol. The number of H-pyrrole nitrogens is 1. The number of carbonyl (C=O) groups is 1. The smallest absolute Gasteiger partial charge is 0.336 e. The predicted molar refractivity (Wildman–Crippen MR) is 63.9 cm³/mol. The Morgan fingerprint density at radius 3 is 2.94 bits per heavy atom. The first-order chi connectivity index (χ1) is 7.74. The summed E-state index contributed by atoms with van der Waals surface area (Å²) in [6, 6.07) is 5.34. The Labute approximate surface area is 94.1 Å². The topological polar surface area (TPSA) is 53.1 Å². The van der Waals surface area contributed by atoms with Crippen molar-refractivity contribution in [1.29, 1.82) is 0 Å². The number of benzene rings is 1. The lowest BCUT2D eigenvalue weighted by atomic mass is 10.0. The van der Waals surface area contributed by atoms with Crippen LogP contribution in [0.1, 0.15) is 35.7 Å². The van der Waals surface area contributed by atoms with Gasteiger partial charge in [-0.25, -0.2) is 4.79 Å². The minimum absolute atomic E-state index is 0.393. The number of aromatic amines is 1. The van der Waals surface area contributed by atoms with Crippen molar-refractivity contribution in [3.8, 4) is 0 Å². The largest absolute Gasteiger partial charge is 0.478 e. The van der Waals surface area contributed by atoms with E-state index in [2.05, 4.69) is 11.9 Å². The highest BCUT2D eigenvalue weighted by atomic mass is 16.4. The maximum atomic E-state index is 11.1. The molecule has 3 nitrogen and oxygen atoms in total. The maximum Gasteiger partial charge on any atom is 0.336 e. The number of hydrogen-bond donors (Lipinski definition) is 2. The van der Waals surface area contributed by atoms with Gasteiger partial charge in [-0.15, -0.1) is 0 Å². The van der Waals surface area contributed by atoms with Crippen molar-refractivity contribution in [1.82, 2.24) is 4.98 Å². The number of aromatic carboxylic acids is 1. The van der Waals surface area contributed by atoms with Gasteiger partial charge in [0.15, 0.2) is 0 Å². The molecular weight excluding hydrogens is 202 g/mol. The Bertz CT molecular complexity index is 514. The molecule has 0 amide bonds. The number of aromatic nitrogens is 1. The van der Waals surface area contributed by atoms with Crippen LogP contribution in [-0.2, 0) is 6.42 Å². The van der Waals surface area contributed by atoms with Crippen molar-refractivity contribution in [2.45, 2.75) is 26.2 Å². The zero-order valence-corrected chi connectivity index (χ0v) is 9.29. The molecule has 0 aliphatic heterocycles. The second kappa shape index (κ2) is 4.39. The molecule has 0 fully saturated rings. The predicted octanol–water partition coefficient (Wildman–Crippen LogP) is 3.21. The summed E-state index contributed by atoms with van der Waals surface area (Å²) in [5.74, 6) is -0.858. The van der Waals surface area contributed by atoms with Crippen LogP contribution in [0.25, 0.3) is 10.9 Å². The van der Waals surface area contributed by atoms with Crippen LogP contribution in [0.15, 0.2) is 24.4 Å². The van der Waals surface area contributed by atoms with Crippen LogP contribution in [0.3, 0.4) is 0 Å². The summed E-state index contributed by atoms with van der Waals surface area (Å²) in [6.07, 6.45) is 5.05. The molecule has 1 aromatic carbocycles. The van der Waals surface area contributed by atoms with Crippen LogP contribution >= 0.6 is 0 Å². The number of nitrogens with one attached hydrogen (secondary N) is 1. The minimum Gasteiger partial charge on any atom is -0.478 e. The van der Waals surface area contributed by atoms with Gasteiger partial charge in [0.05, 0.1) is 5.56 Å². The standard InChI is InChI=1S/C13H15NO2/c1-2-3-5-9-8-14-11-7-4-6-10(12(9)11)13(15)16/h4,6-8,14H,2-3,5H2,1H3,(H,15,16). The van der Waals surface area contributed by atoms with E-state index in [0.29, 0.717) is 5.56 Å². The lowest BCUT2D eigenvalue weighted by Crippen LogP contribution is -1.97. The molecule has 0 aliphatic rings. The number of carboxylic acids is 1. The van der Waals surface area contributed by atoms with Gasteiger partial charge in [0.25, 0.3) is 0 Å². The Morgan fingerprint density at radius 2 is 2.25 bits per heavy atom. The van der Waals surface area contributed by atoms with Gasteiger partial charge in [-0.2, -0.15) is 0 Å². The molecule has 2 aromatic rings. The Kier molecular flexibility index (Phi) is 2.95. The van der Waals surface area contributed by atoms with Crippen LogP contribution in [0.2, 0.25) is 0 Å². The van der Waals surface area contributed by atoms with Crippen molar-refractivity contribution >= 4 is 16.9 Å². The van der Waals surface area contributed by atoms with Gasteiger partial charge in [-0.3, -0.25) is 0 Å². The molecule has 0 bridgehead atoms. The van der Waals surface area contributed by atoms with Gasteiger partial charge in [-0.1, -0.05) is 19.4 Å². The Hall–Kier alpha value is -1.77. The Balaban J connectivity index is 2.54. The molecule has 1 heterocycles. The lowest BCUT2D eigenvalue weighted by molar-refractivity contribution is 0.0699. The van der Waals surface area contributed by atoms with Crippen molar-refractivity contribution < 1.29 is 9.90 Å². The summed E-state index contributed by atoms with van der Waals surface area (Å²) in [6.45, 7) is 2.13. The fraction of sp³-hybridized carbons (Fsp3) is 0.308. The number of unbranched alkanes of at least 4 members (excludes halogenated alkanes) is 1. The van der Waals surface area contributed by atoms with Gasteiger partial charge < -0.3 is 10.1 Å². The van der Waals surface area contributed by atoms with Crippen molar-refractivity contribution in [2.75, 3.05) is 0 Å². The normalized spacial score (nSPS) is 10.8. The fourth-order valence-electron chi connectivity index (χ4n) is 2.00. The molecule has 0 radical (unpaired) electrons. The first-order valence-electron chi connectivity index (χ1n) is 5.56. The zero-order valence-electron chi connectivity index (χ0n) is 9.29. The fourth-order valence-corrected chi connectivity index (χ4v) is 2.00. The summed E-state index contributed by atoms with van der Waals surface area (Å²) in [5, 5.41) is 10.0. The monoisotopic (exact) mass is 217 g/mol. The molecular formula is C13H15NO2. The molecule has 0 aliphatic carbocycles. The number of hydrogen-bond acceptors (Lipinski definition) is 1. The van der Waals surface area contributed by atoms with Crippen LogP contribution < -0.4 is 0 Å². The van der Waals surface area contributed by atoms with Crippen LogP contribution in [-0.4, -0.2) is 16.1 Å². The number of carboxylic acid groups (broad SMARTS) is 1. The number of aryl methyl sites for hydroxylation is 1. The first kappa shape index (κ1) is 10.7. The summed E-state index contributed by atoms with van der Waals surface area (Å²) < 4.78 is 0. The van der Waals surface area contributed by atoms with Gasteiger partial charge in [-0.05, 0) is 30.5 Å². The summed E-state index contributed by atoms with van der Waals surface area (Å²) in [5.41, 5.74) is 2.41. The van der Waals surface area contributed by atoms with E-state index in [9.17, 15) is 4.79 Å². The minimum atomic E-state index is -0.858. The molecule has 0 saturated heterocycles. The third-order valence-electron chi connectivity index (χ3n) is 2.82. The Morgan fingerprint density at radius 1 is 1.44 bits per heavy atom. The van der Waals surface area contributed by atoms with E-state index in [-0.39, 0.29) is 0 Å². The van der Waals surface area contributed by atoms with E-state index in [1.54, 1.807) is 12.1 Å². The highest BCUT2D eigenvalue weighted by molar-refractivity contribution is 6.04. The molecule has 16 heavy (non-hydrogen) atoms. The quantitative estimate of drug-likeness (QED) is 0.826. The molecule has 0 spiro atoms. The molecule has 3 heteroatoms. The zero-order chi connectivity index (χ0) is 11.5. The highest BCUT2D eigenvalue weighted by Gasteiger charge is 2.12. The summed E-state index contributed by atoms with van der Waals surface area (Å²) in [7, 11) is 0. The number of rotatable bonds is 4. The van der Waals surface area contributed by atoms with Crippen molar-refractivity contribution in [3.63, 3.8) is 0 Å². The molecule has 2 N–H and O–H groups in total. The maximum absolute atomic E-state index is 11.1. The summed E-state index contributed by atoms with van der Waals surface area (Å²) in [4.78, 5) is 14.3. The third kappa shape index (κ3) is 1.81. The van der Waals surface area contributed by atoms with E-state index >= 15 is 0 Å². The number of fused-ring (bicyclic) bond motifs is 1. The van der Waals surface area contributed by atoms with Gasteiger partial charge >= 0.3 is 5.97 Å². The SMILES string of the molecule is CCCCc1c[nH]c2cccc(C(=O)O)c12. The van der Waals surface area contributed by atoms with Gasteiger partial charge in [0.2, 0.25) is 0 Å². The average Bonchev–Trinajstić information content (AvgIpc) is 2.69. The van der Waals surface area contributed by atoms with E-state index < -0.39 is 5.97 Å². The highest BCUT2D eigenvalue weighted by Crippen LogP contribution is 2.24. The molecule has 0 saturated carbocycles. The van der Waals surface area contributed by atoms with E-state index in [0.717, 1.165) is 35.7 Å². The second-order valence-electron chi connectivity index (χ2n) is 3.95. The van der Waals surface area contributed by atoms with Crippen LogP contribution in [0.4, 0.5) is 0 Å². The van der Waals surface area contributed by atoms with Gasteiger partial charge in [0.1, 0.15) is 0 Å². The van der Waals surface area contributed by atoms with Crippen LogP contribution in [0.5, 0.6) is 0 Å². The molecule has 0 unspecified atom stereocenters.